The van der Waals surface area contributed by atoms with Crippen molar-refractivity contribution in [3.8, 4) is 0 Å². The van der Waals surface area contributed by atoms with Crippen LogP contribution in [0.5, 0.6) is 0 Å². The molecule has 0 aliphatic heterocycles. The number of rotatable bonds is 5. The number of alkyl halides is 2. The number of aryl methyl sites for hydroxylation is 2. The number of aromatic nitrogens is 2. The molecule has 7 heteroatoms. The van der Waals surface area contributed by atoms with Crippen LogP contribution in [0.2, 0.25) is 0 Å². The summed E-state index contributed by atoms with van der Waals surface area (Å²) in [5.74, 6) is -2.92. The molecular formula is C16H17F2N3OS. The molecule has 23 heavy (non-hydrogen) atoms. The van der Waals surface area contributed by atoms with Gasteiger partial charge in [-0.15, -0.1) is 0 Å². The summed E-state index contributed by atoms with van der Waals surface area (Å²) in [6, 6.07) is 6.48. The minimum atomic E-state index is -2.54. The molecule has 1 aromatic heterocycles. The van der Waals surface area contributed by atoms with Gasteiger partial charge in [-0.1, -0.05) is 23.9 Å². The minimum Gasteiger partial charge on any atom is -0.321 e. The molecule has 1 heterocycles. The van der Waals surface area contributed by atoms with Crippen molar-refractivity contribution in [3.05, 3.63) is 47.3 Å². The molecule has 0 fully saturated rings. The van der Waals surface area contributed by atoms with Gasteiger partial charge in [0.25, 0.3) is 5.76 Å². The number of hydrogen-bond donors (Lipinski definition) is 1. The van der Waals surface area contributed by atoms with Crippen LogP contribution in [0.1, 0.15) is 17.0 Å². The largest absolute Gasteiger partial charge is 0.321 e. The van der Waals surface area contributed by atoms with Gasteiger partial charge in [-0.3, -0.25) is 9.48 Å². The van der Waals surface area contributed by atoms with Crippen LogP contribution in [-0.2, 0) is 11.8 Å². The first kappa shape index (κ1) is 17.2. The van der Waals surface area contributed by atoms with Gasteiger partial charge in [-0.2, -0.15) is 13.9 Å². The molecule has 0 bridgehead atoms. The highest BCUT2D eigenvalue weighted by atomic mass is 32.2. The van der Waals surface area contributed by atoms with E-state index in [2.05, 4.69) is 10.4 Å². The van der Waals surface area contributed by atoms with Gasteiger partial charge in [0.05, 0.1) is 11.4 Å². The van der Waals surface area contributed by atoms with Crippen LogP contribution in [0.15, 0.2) is 35.2 Å². The summed E-state index contributed by atoms with van der Waals surface area (Å²) in [5.41, 5.74) is 3.01. The minimum absolute atomic E-state index is 0.331. The van der Waals surface area contributed by atoms with Gasteiger partial charge in [0, 0.05) is 29.3 Å². The van der Waals surface area contributed by atoms with Crippen LogP contribution in [0.25, 0.3) is 6.08 Å². The molecule has 0 saturated carbocycles. The van der Waals surface area contributed by atoms with Crippen molar-refractivity contribution in [2.45, 2.75) is 24.5 Å². The molecule has 1 aromatic carbocycles. The van der Waals surface area contributed by atoms with E-state index in [1.165, 1.54) is 6.08 Å². The Morgan fingerprint density at radius 2 is 2.04 bits per heavy atom. The normalized spacial score (nSPS) is 11.4. The third kappa shape index (κ3) is 4.41. The Balaban J connectivity index is 2.12. The molecule has 0 radical (unpaired) electrons. The molecule has 122 valence electrons. The van der Waals surface area contributed by atoms with Gasteiger partial charge < -0.3 is 5.32 Å². The second-order valence-electron chi connectivity index (χ2n) is 4.91. The number of para-hydroxylation sites is 1. The van der Waals surface area contributed by atoms with Crippen molar-refractivity contribution in [2.75, 3.05) is 5.32 Å². The van der Waals surface area contributed by atoms with E-state index < -0.39 is 5.76 Å². The van der Waals surface area contributed by atoms with Crippen LogP contribution < -0.4 is 5.32 Å². The second kappa shape index (κ2) is 7.41. The van der Waals surface area contributed by atoms with Crippen molar-refractivity contribution < 1.29 is 13.6 Å². The molecule has 1 amide bonds. The lowest BCUT2D eigenvalue weighted by Gasteiger charge is -2.08. The second-order valence-corrected chi connectivity index (χ2v) is 5.94. The van der Waals surface area contributed by atoms with E-state index in [0.29, 0.717) is 22.3 Å². The predicted molar refractivity (Wildman–Crippen MR) is 88.6 cm³/mol. The van der Waals surface area contributed by atoms with Crippen LogP contribution in [0.4, 0.5) is 14.5 Å². The van der Waals surface area contributed by atoms with Crippen molar-refractivity contribution in [1.82, 2.24) is 9.78 Å². The maximum atomic E-state index is 12.5. The Kier molecular flexibility index (Phi) is 5.54. The van der Waals surface area contributed by atoms with E-state index in [1.807, 2.05) is 20.9 Å². The van der Waals surface area contributed by atoms with Crippen LogP contribution >= 0.6 is 11.8 Å². The lowest BCUT2D eigenvalue weighted by molar-refractivity contribution is -0.111. The highest BCUT2D eigenvalue weighted by Crippen LogP contribution is 2.31. The monoisotopic (exact) mass is 337 g/mol. The summed E-state index contributed by atoms with van der Waals surface area (Å²) in [5, 5.41) is 6.89. The third-order valence-electron chi connectivity index (χ3n) is 3.33. The smallest absolute Gasteiger partial charge is 0.288 e. The molecule has 2 aromatic rings. The number of carbonyl (C=O) groups excluding carboxylic acids is 1. The zero-order valence-electron chi connectivity index (χ0n) is 13.0. The number of halogens is 2. The Labute approximate surface area is 137 Å². The maximum absolute atomic E-state index is 12.5. The van der Waals surface area contributed by atoms with Crippen molar-refractivity contribution in [2.24, 2.45) is 7.05 Å². The van der Waals surface area contributed by atoms with Crippen molar-refractivity contribution in [3.63, 3.8) is 0 Å². The number of thioether (sulfide) groups is 1. The predicted octanol–water partition coefficient (Wildman–Crippen LogP) is 4.00. The Bertz CT molecular complexity index is 741. The van der Waals surface area contributed by atoms with Crippen molar-refractivity contribution in [1.29, 1.82) is 0 Å². The molecular weight excluding hydrogens is 320 g/mol. The van der Waals surface area contributed by atoms with Crippen LogP contribution in [0.3, 0.4) is 0 Å². The van der Waals surface area contributed by atoms with E-state index in [0.717, 1.165) is 17.0 Å². The number of hydrogen-bond acceptors (Lipinski definition) is 3. The fourth-order valence-corrected chi connectivity index (χ4v) is 2.73. The number of nitrogens with one attached hydrogen (secondary N) is 1. The third-order valence-corrected chi connectivity index (χ3v) is 4.12. The fraction of sp³-hybridized carbons (Fsp3) is 0.250. The van der Waals surface area contributed by atoms with E-state index in [-0.39, 0.29) is 5.91 Å². The average Bonchev–Trinajstić information content (AvgIpc) is 2.72. The molecule has 0 aliphatic carbocycles. The zero-order chi connectivity index (χ0) is 17.0. The van der Waals surface area contributed by atoms with Gasteiger partial charge in [0.15, 0.2) is 0 Å². The summed E-state index contributed by atoms with van der Waals surface area (Å²) in [7, 11) is 1.83. The number of benzene rings is 1. The summed E-state index contributed by atoms with van der Waals surface area (Å²) in [6.45, 7) is 3.77. The van der Waals surface area contributed by atoms with Gasteiger partial charge in [0.1, 0.15) is 0 Å². The summed E-state index contributed by atoms with van der Waals surface area (Å²) >= 11 is 0.404. The Hall–Kier alpha value is -2.15. The Morgan fingerprint density at radius 1 is 1.35 bits per heavy atom. The van der Waals surface area contributed by atoms with Crippen LogP contribution in [0, 0.1) is 13.8 Å². The van der Waals surface area contributed by atoms with Crippen LogP contribution in [-0.4, -0.2) is 21.4 Å². The standard InChI is InChI=1S/C16H17F2N3OS/c1-10-12(11(2)21(3)20-10)8-9-15(22)19-13-6-4-5-7-14(13)23-16(17)18/h4-9,16H,1-3H3,(H,19,22). The Morgan fingerprint density at radius 3 is 2.65 bits per heavy atom. The molecule has 0 unspecified atom stereocenters. The molecule has 0 saturated heterocycles. The first-order chi connectivity index (χ1) is 10.9. The van der Waals surface area contributed by atoms with E-state index in [9.17, 15) is 13.6 Å². The van der Waals surface area contributed by atoms with E-state index in [1.54, 1.807) is 35.0 Å². The number of nitrogens with zero attached hydrogens (tertiary/aromatic N) is 2. The lowest BCUT2D eigenvalue weighted by atomic mass is 10.2. The topological polar surface area (TPSA) is 46.9 Å². The molecule has 0 atom stereocenters. The average molecular weight is 337 g/mol. The van der Waals surface area contributed by atoms with E-state index >= 15 is 0 Å². The fourth-order valence-electron chi connectivity index (χ4n) is 2.13. The SMILES string of the molecule is Cc1nn(C)c(C)c1C=CC(=O)Nc1ccccc1SC(F)F. The van der Waals surface area contributed by atoms with Gasteiger partial charge in [-0.25, -0.2) is 0 Å². The van der Waals surface area contributed by atoms with Gasteiger partial charge in [-0.05, 0) is 32.1 Å². The summed E-state index contributed by atoms with van der Waals surface area (Å²) < 4.78 is 26.8. The lowest BCUT2D eigenvalue weighted by Crippen LogP contribution is -2.08. The first-order valence-electron chi connectivity index (χ1n) is 6.91. The molecule has 1 N–H and O–H groups in total. The number of carbonyl (C=O) groups is 1. The quantitative estimate of drug-likeness (QED) is 0.662. The maximum Gasteiger partial charge on any atom is 0.288 e. The van der Waals surface area contributed by atoms with E-state index in [4.69, 9.17) is 0 Å². The van der Waals surface area contributed by atoms with Gasteiger partial charge >= 0.3 is 0 Å². The molecule has 2 rings (SSSR count). The number of anilines is 1. The summed E-state index contributed by atoms with van der Waals surface area (Å²) in [4.78, 5) is 12.4. The highest BCUT2D eigenvalue weighted by molar-refractivity contribution is 7.99. The van der Waals surface area contributed by atoms with Crippen molar-refractivity contribution >= 4 is 29.4 Å². The first-order valence-corrected chi connectivity index (χ1v) is 7.79. The zero-order valence-corrected chi connectivity index (χ0v) is 13.8. The summed E-state index contributed by atoms with van der Waals surface area (Å²) in [6.07, 6.45) is 3.05. The van der Waals surface area contributed by atoms with Gasteiger partial charge in [0.2, 0.25) is 5.91 Å². The molecule has 4 nitrogen and oxygen atoms in total. The highest BCUT2D eigenvalue weighted by Gasteiger charge is 2.11. The molecule has 0 aliphatic rings. The molecule has 0 spiro atoms. The number of amides is 1.